The minimum atomic E-state index is -0.382. The number of halogens is 1. The van der Waals surface area contributed by atoms with Gasteiger partial charge in [-0.25, -0.2) is 14.5 Å². The molecule has 1 saturated heterocycles. The SMILES string of the molecule is O=C(NC1CCN(c2ncccc2F)C1)c1n[nH]c(=O)c2ccccc12. The van der Waals surface area contributed by atoms with Gasteiger partial charge in [-0.2, -0.15) is 5.10 Å². The standard InChI is InChI=1S/C18H16FN5O2/c19-14-6-3-8-20-16(14)24-9-7-11(10-24)21-18(26)15-12-4-1-2-5-13(12)17(25)23-22-15/h1-6,8,11H,7,9-10H2,(H,21,26)(H,23,25). The van der Waals surface area contributed by atoms with E-state index in [1.807, 2.05) is 0 Å². The number of amides is 1. The summed E-state index contributed by atoms with van der Waals surface area (Å²) in [6.45, 7) is 1.06. The highest BCUT2D eigenvalue weighted by molar-refractivity contribution is 6.04. The quantitative estimate of drug-likeness (QED) is 0.744. The summed E-state index contributed by atoms with van der Waals surface area (Å²) in [5.74, 6) is -0.463. The number of anilines is 1. The van der Waals surface area contributed by atoms with E-state index in [1.165, 1.54) is 6.07 Å². The van der Waals surface area contributed by atoms with Gasteiger partial charge in [-0.05, 0) is 24.6 Å². The molecule has 1 aromatic carbocycles. The maximum Gasteiger partial charge on any atom is 0.272 e. The molecule has 7 nitrogen and oxygen atoms in total. The summed E-state index contributed by atoms with van der Waals surface area (Å²) in [5.41, 5.74) is -0.169. The predicted molar refractivity (Wildman–Crippen MR) is 94.6 cm³/mol. The van der Waals surface area contributed by atoms with Gasteiger partial charge in [0.05, 0.1) is 5.39 Å². The van der Waals surface area contributed by atoms with E-state index in [-0.39, 0.29) is 34.8 Å². The fraction of sp³-hybridized carbons (Fsp3) is 0.222. The van der Waals surface area contributed by atoms with Crippen LogP contribution in [0.3, 0.4) is 0 Å². The molecule has 1 aliphatic rings. The van der Waals surface area contributed by atoms with Crippen LogP contribution in [0, 0.1) is 5.82 Å². The summed E-state index contributed by atoms with van der Waals surface area (Å²) >= 11 is 0. The average molecular weight is 353 g/mol. The lowest BCUT2D eigenvalue weighted by molar-refractivity contribution is 0.0936. The highest BCUT2D eigenvalue weighted by Gasteiger charge is 2.27. The Labute approximate surface area is 147 Å². The molecule has 26 heavy (non-hydrogen) atoms. The highest BCUT2D eigenvalue weighted by Crippen LogP contribution is 2.21. The Morgan fingerprint density at radius 1 is 1.23 bits per heavy atom. The van der Waals surface area contributed by atoms with Crippen molar-refractivity contribution in [2.75, 3.05) is 18.0 Å². The molecule has 4 rings (SSSR count). The third-order valence-corrected chi connectivity index (χ3v) is 4.47. The van der Waals surface area contributed by atoms with E-state index in [0.29, 0.717) is 30.3 Å². The normalized spacial score (nSPS) is 16.8. The second kappa shape index (κ2) is 6.55. The van der Waals surface area contributed by atoms with Crippen LogP contribution in [0.5, 0.6) is 0 Å². The first kappa shape index (κ1) is 16.2. The van der Waals surface area contributed by atoms with E-state index in [1.54, 1.807) is 41.4 Å². The van der Waals surface area contributed by atoms with Crippen molar-refractivity contribution in [1.29, 1.82) is 0 Å². The van der Waals surface area contributed by atoms with Gasteiger partial charge in [0.25, 0.3) is 11.5 Å². The van der Waals surface area contributed by atoms with Gasteiger partial charge in [-0.15, -0.1) is 0 Å². The molecule has 1 amide bonds. The molecule has 2 N–H and O–H groups in total. The molecule has 0 bridgehead atoms. The molecule has 3 aromatic rings. The van der Waals surface area contributed by atoms with E-state index < -0.39 is 0 Å². The minimum Gasteiger partial charge on any atom is -0.352 e. The predicted octanol–water partition coefficient (Wildman–Crippen LogP) is 1.47. The van der Waals surface area contributed by atoms with Gasteiger partial charge in [0.15, 0.2) is 17.3 Å². The summed E-state index contributed by atoms with van der Waals surface area (Å²) in [4.78, 5) is 30.3. The molecule has 1 unspecified atom stereocenters. The van der Waals surface area contributed by atoms with Crippen LogP contribution >= 0.6 is 0 Å². The lowest BCUT2D eigenvalue weighted by Gasteiger charge is -2.18. The van der Waals surface area contributed by atoms with Crippen LogP contribution < -0.4 is 15.8 Å². The number of hydrogen-bond donors (Lipinski definition) is 2. The van der Waals surface area contributed by atoms with Crippen molar-refractivity contribution in [2.45, 2.75) is 12.5 Å². The number of carbonyl (C=O) groups is 1. The van der Waals surface area contributed by atoms with Crippen LogP contribution in [0.4, 0.5) is 10.2 Å². The molecule has 132 valence electrons. The number of rotatable bonds is 3. The van der Waals surface area contributed by atoms with Crippen molar-refractivity contribution in [3.05, 3.63) is 64.5 Å². The molecule has 2 aromatic heterocycles. The van der Waals surface area contributed by atoms with Crippen molar-refractivity contribution >= 4 is 22.5 Å². The van der Waals surface area contributed by atoms with E-state index in [2.05, 4.69) is 20.5 Å². The smallest absolute Gasteiger partial charge is 0.272 e. The average Bonchev–Trinajstić information content (AvgIpc) is 3.11. The zero-order valence-corrected chi connectivity index (χ0v) is 13.8. The number of carbonyl (C=O) groups excluding carboxylic acids is 1. The van der Waals surface area contributed by atoms with E-state index in [4.69, 9.17) is 0 Å². The summed E-state index contributed by atoms with van der Waals surface area (Å²) in [5, 5.41) is 10.1. The van der Waals surface area contributed by atoms with Crippen LogP contribution in [-0.2, 0) is 0 Å². The first-order valence-corrected chi connectivity index (χ1v) is 8.27. The van der Waals surface area contributed by atoms with Crippen LogP contribution in [0.15, 0.2) is 47.4 Å². The Bertz CT molecular complexity index is 1040. The second-order valence-corrected chi connectivity index (χ2v) is 6.16. The molecule has 1 aliphatic heterocycles. The maximum absolute atomic E-state index is 13.9. The number of nitrogens with zero attached hydrogens (tertiary/aromatic N) is 3. The van der Waals surface area contributed by atoms with Crippen LogP contribution in [0.1, 0.15) is 16.9 Å². The number of aromatic amines is 1. The summed E-state index contributed by atoms with van der Waals surface area (Å²) in [7, 11) is 0. The Balaban J connectivity index is 1.52. The Hall–Kier alpha value is -3.29. The minimum absolute atomic E-state index is 0.156. The van der Waals surface area contributed by atoms with E-state index in [9.17, 15) is 14.0 Å². The van der Waals surface area contributed by atoms with Gasteiger partial charge < -0.3 is 10.2 Å². The number of hydrogen-bond acceptors (Lipinski definition) is 5. The highest BCUT2D eigenvalue weighted by atomic mass is 19.1. The van der Waals surface area contributed by atoms with Crippen molar-refractivity contribution in [3.63, 3.8) is 0 Å². The van der Waals surface area contributed by atoms with Crippen molar-refractivity contribution < 1.29 is 9.18 Å². The van der Waals surface area contributed by atoms with Gasteiger partial charge >= 0.3 is 0 Å². The van der Waals surface area contributed by atoms with E-state index in [0.717, 1.165) is 0 Å². The molecule has 0 saturated carbocycles. The van der Waals surface area contributed by atoms with Gasteiger partial charge in [-0.3, -0.25) is 9.59 Å². The third kappa shape index (κ3) is 2.90. The van der Waals surface area contributed by atoms with Crippen LogP contribution in [0.25, 0.3) is 10.8 Å². The topological polar surface area (TPSA) is 91.0 Å². The molecule has 3 heterocycles. The molecule has 0 radical (unpaired) electrons. The lowest BCUT2D eigenvalue weighted by Crippen LogP contribution is -2.38. The summed E-state index contributed by atoms with van der Waals surface area (Å²) in [6, 6.07) is 9.57. The number of fused-ring (bicyclic) bond motifs is 1. The van der Waals surface area contributed by atoms with Crippen LogP contribution in [-0.4, -0.2) is 40.2 Å². The Morgan fingerprint density at radius 2 is 2.04 bits per heavy atom. The molecule has 8 heteroatoms. The zero-order chi connectivity index (χ0) is 18.1. The molecule has 0 spiro atoms. The van der Waals surface area contributed by atoms with Gasteiger partial charge in [-0.1, -0.05) is 18.2 Å². The Morgan fingerprint density at radius 3 is 2.85 bits per heavy atom. The van der Waals surface area contributed by atoms with Gasteiger partial charge in [0, 0.05) is 30.7 Å². The fourth-order valence-corrected chi connectivity index (χ4v) is 3.22. The van der Waals surface area contributed by atoms with Crippen molar-refractivity contribution in [2.24, 2.45) is 0 Å². The zero-order valence-electron chi connectivity index (χ0n) is 13.8. The monoisotopic (exact) mass is 353 g/mol. The number of benzene rings is 1. The van der Waals surface area contributed by atoms with Crippen LogP contribution in [0.2, 0.25) is 0 Å². The first-order valence-electron chi connectivity index (χ1n) is 8.27. The van der Waals surface area contributed by atoms with Gasteiger partial charge in [0.1, 0.15) is 0 Å². The Kier molecular flexibility index (Phi) is 4.08. The molecule has 1 fully saturated rings. The summed E-state index contributed by atoms with van der Waals surface area (Å²) < 4.78 is 13.9. The van der Waals surface area contributed by atoms with Gasteiger partial charge in [0.2, 0.25) is 0 Å². The first-order chi connectivity index (χ1) is 12.6. The van der Waals surface area contributed by atoms with Crippen molar-refractivity contribution in [1.82, 2.24) is 20.5 Å². The largest absolute Gasteiger partial charge is 0.352 e. The number of pyridine rings is 1. The van der Waals surface area contributed by atoms with E-state index >= 15 is 0 Å². The number of nitrogens with one attached hydrogen (secondary N) is 2. The van der Waals surface area contributed by atoms with Crippen molar-refractivity contribution in [3.8, 4) is 0 Å². The molecule has 0 aliphatic carbocycles. The number of H-pyrrole nitrogens is 1. The fourth-order valence-electron chi connectivity index (χ4n) is 3.22. The second-order valence-electron chi connectivity index (χ2n) is 6.16. The summed E-state index contributed by atoms with van der Waals surface area (Å²) in [6.07, 6.45) is 2.21. The third-order valence-electron chi connectivity index (χ3n) is 4.47. The number of aromatic nitrogens is 3. The lowest BCUT2D eigenvalue weighted by atomic mass is 10.1. The maximum atomic E-state index is 13.9. The molecule has 1 atom stereocenters. The molecular weight excluding hydrogens is 337 g/mol. The molecular formula is C18H16FN5O2.